The van der Waals surface area contributed by atoms with Crippen molar-refractivity contribution in [3.63, 3.8) is 0 Å². The van der Waals surface area contributed by atoms with Crippen LogP contribution in [-0.4, -0.2) is 38.8 Å². The van der Waals surface area contributed by atoms with Crippen molar-refractivity contribution in [2.75, 3.05) is 12.8 Å². The number of hydrogen-bond acceptors (Lipinski definition) is 5. The van der Waals surface area contributed by atoms with E-state index in [0.29, 0.717) is 18.5 Å². The number of rotatable bonds is 7. The second-order valence-electron chi connectivity index (χ2n) is 8.78. The third-order valence-electron chi connectivity index (χ3n) is 6.81. The summed E-state index contributed by atoms with van der Waals surface area (Å²) in [5.74, 6) is 0.976. The average Bonchev–Trinajstić information content (AvgIpc) is 2.75. The van der Waals surface area contributed by atoms with Crippen LogP contribution in [0.1, 0.15) is 59.3 Å². The number of fused-ring (bicyclic) bond motifs is 1. The highest BCUT2D eigenvalue weighted by Gasteiger charge is 2.67. The molecule has 3 rings (SSSR count). The molecule has 0 radical (unpaired) electrons. The van der Waals surface area contributed by atoms with Crippen molar-refractivity contribution in [1.29, 1.82) is 0 Å². The quantitative estimate of drug-likeness (QED) is 0.406. The smallest absolute Gasteiger partial charge is 0.264 e. The van der Waals surface area contributed by atoms with Crippen molar-refractivity contribution in [1.82, 2.24) is 5.32 Å². The van der Waals surface area contributed by atoms with Gasteiger partial charge >= 0.3 is 0 Å². The lowest BCUT2D eigenvalue weighted by Crippen LogP contribution is -2.62. The highest BCUT2D eigenvalue weighted by atomic mass is 32.2. The Morgan fingerprint density at radius 3 is 2.52 bits per heavy atom. The summed E-state index contributed by atoms with van der Waals surface area (Å²) < 4.78 is 35.2. The number of carbonyl (C=O) groups excluding carboxylic acids is 1. The minimum Gasteiger partial charge on any atom is -0.493 e. The van der Waals surface area contributed by atoms with E-state index in [-0.39, 0.29) is 23.3 Å². The van der Waals surface area contributed by atoms with Crippen LogP contribution in [0.2, 0.25) is 0 Å². The summed E-state index contributed by atoms with van der Waals surface area (Å²) in [4.78, 5) is 11.8. The van der Waals surface area contributed by atoms with Crippen molar-refractivity contribution in [3.8, 4) is 0 Å². The molecule has 3 aliphatic rings. The van der Waals surface area contributed by atoms with Gasteiger partial charge in [0, 0.05) is 16.9 Å². The van der Waals surface area contributed by atoms with Crippen LogP contribution in [0.4, 0.5) is 0 Å². The molecule has 1 N–H and O–H groups in total. The van der Waals surface area contributed by atoms with Gasteiger partial charge in [0.1, 0.15) is 11.9 Å². The van der Waals surface area contributed by atoms with E-state index in [4.69, 9.17) is 8.92 Å². The van der Waals surface area contributed by atoms with Crippen LogP contribution in [0.15, 0.2) is 23.5 Å². The predicted molar refractivity (Wildman–Crippen MR) is 103 cm³/mol. The van der Waals surface area contributed by atoms with E-state index >= 15 is 0 Å². The molecule has 4 atom stereocenters. The van der Waals surface area contributed by atoms with Gasteiger partial charge in [-0.05, 0) is 57.9 Å². The topological polar surface area (TPSA) is 81.7 Å². The number of amides is 1. The van der Waals surface area contributed by atoms with Gasteiger partial charge in [0.05, 0.1) is 18.4 Å². The molecule has 0 aromatic carbocycles. The van der Waals surface area contributed by atoms with E-state index in [0.717, 1.165) is 44.1 Å². The van der Waals surface area contributed by atoms with Gasteiger partial charge < -0.3 is 10.1 Å². The van der Waals surface area contributed by atoms with Crippen molar-refractivity contribution in [2.45, 2.75) is 71.0 Å². The van der Waals surface area contributed by atoms with Crippen molar-refractivity contribution < 1.29 is 22.1 Å². The first-order valence-electron chi connectivity index (χ1n) is 9.67. The van der Waals surface area contributed by atoms with Gasteiger partial charge in [-0.2, -0.15) is 8.42 Å². The predicted octanol–water partition coefficient (Wildman–Crippen LogP) is 3.06. The van der Waals surface area contributed by atoms with Crippen molar-refractivity contribution >= 4 is 16.0 Å². The monoisotopic (exact) mass is 397 g/mol. The molecule has 1 amide bonds. The van der Waals surface area contributed by atoms with Crippen LogP contribution in [-0.2, 0) is 23.8 Å². The molecule has 3 fully saturated rings. The van der Waals surface area contributed by atoms with Gasteiger partial charge in [0.15, 0.2) is 0 Å². The van der Waals surface area contributed by atoms with Gasteiger partial charge in [-0.1, -0.05) is 13.5 Å². The summed E-state index contributed by atoms with van der Waals surface area (Å²) in [7, 11) is -3.50. The maximum atomic E-state index is 11.8. The van der Waals surface area contributed by atoms with E-state index in [1.807, 2.05) is 6.92 Å². The molecule has 0 heterocycles. The Labute approximate surface area is 162 Å². The third-order valence-corrected chi connectivity index (χ3v) is 7.48. The second-order valence-corrected chi connectivity index (χ2v) is 10.4. The zero-order chi connectivity index (χ0) is 20.0. The fourth-order valence-corrected chi connectivity index (χ4v) is 5.68. The van der Waals surface area contributed by atoms with Gasteiger partial charge in [-0.3, -0.25) is 8.98 Å². The fourth-order valence-electron chi connectivity index (χ4n) is 4.75. The number of allylic oxidation sites excluding steroid dienone is 1. The molecule has 152 valence electrons. The molecule has 0 spiro atoms. The Balaban J connectivity index is 1.67. The van der Waals surface area contributed by atoms with E-state index in [1.165, 1.54) is 5.57 Å². The van der Waals surface area contributed by atoms with E-state index in [9.17, 15) is 13.2 Å². The normalized spacial score (nSPS) is 34.9. The Hall–Kier alpha value is -1.34. The van der Waals surface area contributed by atoms with E-state index in [2.05, 4.69) is 18.8 Å². The fraction of sp³-hybridized carbons (Fsp3) is 0.750. The van der Waals surface area contributed by atoms with Crippen molar-refractivity contribution in [2.24, 2.45) is 11.3 Å². The van der Waals surface area contributed by atoms with Gasteiger partial charge in [0.2, 0.25) is 5.91 Å². The lowest BCUT2D eigenvalue weighted by Gasteiger charge is -2.58. The molecule has 0 bridgehead atoms. The van der Waals surface area contributed by atoms with Crippen LogP contribution in [0.3, 0.4) is 0 Å². The minimum atomic E-state index is -3.50. The second kappa shape index (κ2) is 6.92. The average molecular weight is 398 g/mol. The first kappa shape index (κ1) is 20.4. The molecule has 3 aliphatic carbocycles. The maximum Gasteiger partial charge on any atom is 0.264 e. The summed E-state index contributed by atoms with van der Waals surface area (Å²) >= 11 is 0. The summed E-state index contributed by atoms with van der Waals surface area (Å²) in [5.41, 5.74) is 0.882. The third kappa shape index (κ3) is 3.81. The lowest BCUT2D eigenvalue weighted by molar-refractivity contribution is -0.176. The Bertz CT molecular complexity index is 780. The van der Waals surface area contributed by atoms with Crippen LogP contribution in [0.25, 0.3) is 0 Å². The first-order chi connectivity index (χ1) is 12.5. The summed E-state index contributed by atoms with van der Waals surface area (Å²) in [6, 6.07) is 0. The molecule has 7 heteroatoms. The maximum absolute atomic E-state index is 11.8. The van der Waals surface area contributed by atoms with Crippen molar-refractivity contribution in [3.05, 3.63) is 23.5 Å². The highest BCUT2D eigenvalue weighted by Crippen LogP contribution is 2.65. The number of ether oxygens (including phenoxy) is 1. The Kier molecular flexibility index (Phi) is 5.23. The number of carbonyl (C=O) groups is 1. The number of nitrogens with one attached hydrogen (secondary N) is 1. The van der Waals surface area contributed by atoms with Gasteiger partial charge in [-0.15, -0.1) is 0 Å². The van der Waals surface area contributed by atoms with Crippen LogP contribution >= 0.6 is 0 Å². The summed E-state index contributed by atoms with van der Waals surface area (Å²) in [6.45, 7) is 9.74. The summed E-state index contributed by atoms with van der Waals surface area (Å²) in [6.07, 6.45) is 6.75. The molecule has 0 aromatic heterocycles. The van der Waals surface area contributed by atoms with Gasteiger partial charge in [0.25, 0.3) is 10.1 Å². The molecule has 0 aromatic rings. The highest BCUT2D eigenvalue weighted by molar-refractivity contribution is 7.86. The first-order valence-corrected chi connectivity index (χ1v) is 11.5. The van der Waals surface area contributed by atoms with E-state index in [1.54, 1.807) is 6.92 Å². The molecule has 3 saturated carbocycles. The standard InChI is InChI=1S/C20H31NO5S/c1-13(2)18(22)21-12-17(14-7-6-8-14)25-16-9-10-19(3)15(16)11-20(19,4)26-27(5,23)24/h15-16H,1,6-12H2,2-5H3,(H,21,22). The SMILES string of the molecule is C=C(C)C(=O)NCC(OC1CCC2(C)C1CC2(C)OS(C)(=O)=O)=C1CCC1. The van der Waals surface area contributed by atoms with Gasteiger partial charge in [-0.25, -0.2) is 0 Å². The number of hydrogen-bond donors (Lipinski definition) is 1. The Morgan fingerprint density at radius 1 is 1.33 bits per heavy atom. The lowest BCUT2D eigenvalue weighted by atomic mass is 9.52. The summed E-state index contributed by atoms with van der Waals surface area (Å²) in [5, 5.41) is 2.88. The molecule has 0 saturated heterocycles. The molecule has 0 aliphatic heterocycles. The van der Waals surface area contributed by atoms with Crippen LogP contribution in [0.5, 0.6) is 0 Å². The minimum absolute atomic E-state index is 0.0380. The zero-order valence-electron chi connectivity index (χ0n) is 16.8. The van der Waals surface area contributed by atoms with Crippen LogP contribution < -0.4 is 5.32 Å². The molecule has 4 unspecified atom stereocenters. The largest absolute Gasteiger partial charge is 0.493 e. The molecule has 6 nitrogen and oxygen atoms in total. The molecular formula is C20H31NO5S. The molecular weight excluding hydrogens is 366 g/mol. The van der Waals surface area contributed by atoms with Crippen LogP contribution in [0, 0.1) is 11.3 Å². The molecule has 27 heavy (non-hydrogen) atoms. The van der Waals surface area contributed by atoms with E-state index < -0.39 is 15.7 Å². The zero-order valence-corrected chi connectivity index (χ0v) is 17.6. The Morgan fingerprint density at radius 2 is 2.00 bits per heavy atom.